The van der Waals surface area contributed by atoms with Gasteiger partial charge < -0.3 is 10.6 Å². The maximum absolute atomic E-state index is 6.07. The van der Waals surface area contributed by atoms with Gasteiger partial charge in [0.25, 0.3) is 0 Å². The Hall–Kier alpha value is -1.18. The number of nitrogens with zero attached hydrogens (tertiary/aromatic N) is 1. The van der Waals surface area contributed by atoms with Crippen molar-refractivity contribution in [2.24, 2.45) is 11.8 Å². The average Bonchev–Trinajstić information content (AvgIpc) is 2.20. The SMILES string of the molecule is Cc1ccc(N)c(N2C[C@H](C)C[C@@H](C)C2)c1. The van der Waals surface area contributed by atoms with Crippen LogP contribution in [-0.4, -0.2) is 13.1 Å². The molecule has 2 atom stereocenters. The highest BCUT2D eigenvalue weighted by Gasteiger charge is 2.22. The van der Waals surface area contributed by atoms with Gasteiger partial charge in [0.15, 0.2) is 0 Å². The van der Waals surface area contributed by atoms with Gasteiger partial charge in [-0.3, -0.25) is 0 Å². The van der Waals surface area contributed by atoms with Crippen molar-refractivity contribution in [2.45, 2.75) is 27.2 Å². The Morgan fingerprint density at radius 3 is 2.44 bits per heavy atom. The van der Waals surface area contributed by atoms with Gasteiger partial charge in [-0.15, -0.1) is 0 Å². The number of hydrogen-bond donors (Lipinski definition) is 1. The molecule has 0 bridgehead atoms. The number of piperidine rings is 1. The molecule has 0 radical (unpaired) electrons. The largest absolute Gasteiger partial charge is 0.397 e. The quantitative estimate of drug-likeness (QED) is 0.734. The number of nitrogen functional groups attached to an aromatic ring is 1. The van der Waals surface area contributed by atoms with E-state index in [1.165, 1.54) is 17.7 Å². The van der Waals surface area contributed by atoms with Crippen molar-refractivity contribution < 1.29 is 0 Å². The average molecular weight is 218 g/mol. The van der Waals surface area contributed by atoms with Crippen LogP contribution in [0.5, 0.6) is 0 Å². The summed E-state index contributed by atoms with van der Waals surface area (Å²) in [5.74, 6) is 1.53. The minimum atomic E-state index is 0.767. The van der Waals surface area contributed by atoms with Gasteiger partial charge in [0, 0.05) is 13.1 Å². The van der Waals surface area contributed by atoms with E-state index in [1.807, 2.05) is 6.07 Å². The summed E-state index contributed by atoms with van der Waals surface area (Å²) in [4.78, 5) is 2.45. The van der Waals surface area contributed by atoms with Crippen LogP contribution in [0.15, 0.2) is 18.2 Å². The molecule has 2 rings (SSSR count). The number of aryl methyl sites for hydroxylation is 1. The molecule has 1 aromatic rings. The van der Waals surface area contributed by atoms with E-state index in [1.54, 1.807) is 0 Å². The smallest absolute Gasteiger partial charge is 0.0602 e. The Balaban J connectivity index is 2.25. The first-order valence-corrected chi connectivity index (χ1v) is 6.17. The van der Waals surface area contributed by atoms with Crippen molar-refractivity contribution in [2.75, 3.05) is 23.7 Å². The minimum absolute atomic E-state index is 0.767. The molecule has 0 amide bonds. The van der Waals surface area contributed by atoms with Gasteiger partial charge in [0.2, 0.25) is 0 Å². The van der Waals surface area contributed by atoms with Crippen molar-refractivity contribution in [1.82, 2.24) is 0 Å². The fourth-order valence-electron chi connectivity index (χ4n) is 2.79. The van der Waals surface area contributed by atoms with Crippen LogP contribution in [0.3, 0.4) is 0 Å². The lowest BCUT2D eigenvalue weighted by Gasteiger charge is -2.37. The zero-order valence-corrected chi connectivity index (χ0v) is 10.5. The molecule has 0 aromatic heterocycles. The monoisotopic (exact) mass is 218 g/mol. The van der Waals surface area contributed by atoms with E-state index < -0.39 is 0 Å². The number of hydrogen-bond acceptors (Lipinski definition) is 2. The highest BCUT2D eigenvalue weighted by Crippen LogP contribution is 2.30. The summed E-state index contributed by atoms with van der Waals surface area (Å²) in [6, 6.07) is 6.31. The van der Waals surface area contributed by atoms with E-state index >= 15 is 0 Å². The topological polar surface area (TPSA) is 29.3 Å². The molecule has 0 aliphatic carbocycles. The Bertz CT molecular complexity index is 363. The third-order valence-corrected chi connectivity index (χ3v) is 3.40. The van der Waals surface area contributed by atoms with E-state index in [0.29, 0.717) is 0 Å². The van der Waals surface area contributed by atoms with Gasteiger partial charge in [-0.2, -0.15) is 0 Å². The Labute approximate surface area is 98.4 Å². The molecule has 2 heteroatoms. The van der Waals surface area contributed by atoms with Crippen LogP contribution < -0.4 is 10.6 Å². The van der Waals surface area contributed by atoms with Gasteiger partial charge in [-0.25, -0.2) is 0 Å². The first-order valence-electron chi connectivity index (χ1n) is 6.17. The lowest BCUT2D eigenvalue weighted by molar-refractivity contribution is 0.357. The molecule has 0 saturated carbocycles. The normalized spacial score (nSPS) is 25.8. The van der Waals surface area contributed by atoms with Crippen molar-refractivity contribution in [1.29, 1.82) is 0 Å². The molecule has 88 valence electrons. The van der Waals surface area contributed by atoms with E-state index in [2.05, 4.69) is 37.8 Å². The van der Waals surface area contributed by atoms with Crippen molar-refractivity contribution in [3.05, 3.63) is 23.8 Å². The summed E-state index contributed by atoms with van der Waals surface area (Å²) >= 11 is 0. The second kappa shape index (κ2) is 4.36. The van der Waals surface area contributed by atoms with E-state index in [4.69, 9.17) is 5.73 Å². The van der Waals surface area contributed by atoms with E-state index in [-0.39, 0.29) is 0 Å². The standard InChI is InChI=1S/C14H22N2/c1-10-4-5-13(15)14(7-10)16-8-11(2)6-12(3)9-16/h4-5,7,11-12H,6,8-9,15H2,1-3H3/t11-,12-/m1/s1. The fourth-order valence-corrected chi connectivity index (χ4v) is 2.79. The molecule has 1 aromatic carbocycles. The maximum Gasteiger partial charge on any atom is 0.0602 e. The molecule has 0 unspecified atom stereocenters. The number of rotatable bonds is 1. The summed E-state index contributed by atoms with van der Waals surface area (Å²) in [5.41, 5.74) is 9.49. The number of benzene rings is 1. The second-order valence-electron chi connectivity index (χ2n) is 5.41. The molecule has 1 fully saturated rings. The highest BCUT2D eigenvalue weighted by atomic mass is 15.1. The summed E-state index contributed by atoms with van der Waals surface area (Å²) in [7, 11) is 0. The minimum Gasteiger partial charge on any atom is -0.397 e. The maximum atomic E-state index is 6.07. The van der Waals surface area contributed by atoms with Crippen LogP contribution in [0.25, 0.3) is 0 Å². The molecule has 2 N–H and O–H groups in total. The summed E-state index contributed by atoms with van der Waals surface area (Å²) < 4.78 is 0. The molecule has 1 heterocycles. The van der Waals surface area contributed by atoms with Crippen LogP contribution in [0.1, 0.15) is 25.8 Å². The molecular weight excluding hydrogens is 196 g/mol. The molecule has 1 aliphatic heterocycles. The second-order valence-corrected chi connectivity index (χ2v) is 5.41. The molecule has 0 spiro atoms. The first-order chi connectivity index (χ1) is 7.56. The van der Waals surface area contributed by atoms with Crippen molar-refractivity contribution >= 4 is 11.4 Å². The van der Waals surface area contributed by atoms with Crippen LogP contribution in [-0.2, 0) is 0 Å². The molecule has 1 aliphatic rings. The first kappa shape index (κ1) is 11.3. The van der Waals surface area contributed by atoms with Gasteiger partial charge >= 0.3 is 0 Å². The third-order valence-electron chi connectivity index (χ3n) is 3.40. The van der Waals surface area contributed by atoms with Crippen LogP contribution in [0, 0.1) is 18.8 Å². The number of anilines is 2. The third kappa shape index (κ3) is 2.31. The van der Waals surface area contributed by atoms with E-state index in [9.17, 15) is 0 Å². The fraction of sp³-hybridized carbons (Fsp3) is 0.571. The molecule has 2 nitrogen and oxygen atoms in total. The predicted molar refractivity (Wildman–Crippen MR) is 70.7 cm³/mol. The van der Waals surface area contributed by atoms with Crippen LogP contribution >= 0.6 is 0 Å². The molecule has 16 heavy (non-hydrogen) atoms. The van der Waals surface area contributed by atoms with Crippen molar-refractivity contribution in [3.63, 3.8) is 0 Å². The van der Waals surface area contributed by atoms with Gasteiger partial charge in [0.1, 0.15) is 0 Å². The van der Waals surface area contributed by atoms with Crippen molar-refractivity contribution in [3.8, 4) is 0 Å². The van der Waals surface area contributed by atoms with Gasteiger partial charge in [-0.05, 0) is 42.9 Å². The van der Waals surface area contributed by atoms with Gasteiger partial charge in [-0.1, -0.05) is 19.9 Å². The lowest BCUT2D eigenvalue weighted by Crippen LogP contribution is -2.39. The van der Waals surface area contributed by atoms with Gasteiger partial charge in [0.05, 0.1) is 11.4 Å². The van der Waals surface area contributed by atoms with Crippen LogP contribution in [0.2, 0.25) is 0 Å². The zero-order chi connectivity index (χ0) is 11.7. The highest BCUT2D eigenvalue weighted by molar-refractivity contribution is 5.68. The summed E-state index contributed by atoms with van der Waals surface area (Å²) in [5, 5.41) is 0. The Morgan fingerprint density at radius 1 is 1.19 bits per heavy atom. The number of nitrogens with two attached hydrogens (primary N) is 1. The summed E-state index contributed by atoms with van der Waals surface area (Å²) in [6.45, 7) is 9.05. The Morgan fingerprint density at radius 2 is 1.81 bits per heavy atom. The lowest BCUT2D eigenvalue weighted by atomic mass is 9.91. The predicted octanol–water partition coefficient (Wildman–Crippen LogP) is 3.06. The van der Waals surface area contributed by atoms with Crippen LogP contribution in [0.4, 0.5) is 11.4 Å². The molecule has 1 saturated heterocycles. The zero-order valence-electron chi connectivity index (χ0n) is 10.5. The summed E-state index contributed by atoms with van der Waals surface area (Å²) in [6.07, 6.45) is 1.34. The van der Waals surface area contributed by atoms with E-state index in [0.717, 1.165) is 30.6 Å². The molecular formula is C14H22N2. The Kier molecular flexibility index (Phi) is 3.08.